The fourth-order valence-electron chi connectivity index (χ4n) is 3.09. The van der Waals surface area contributed by atoms with E-state index in [1.54, 1.807) is 28.8 Å². The summed E-state index contributed by atoms with van der Waals surface area (Å²) >= 11 is 12.5. The zero-order valence-electron chi connectivity index (χ0n) is 14.8. The largest absolute Gasteiger partial charge is 0.268 e. The van der Waals surface area contributed by atoms with E-state index >= 15 is 0 Å². The van der Waals surface area contributed by atoms with Crippen LogP contribution in [0.25, 0.3) is 28.0 Å². The van der Waals surface area contributed by atoms with Gasteiger partial charge in [-0.1, -0.05) is 41.4 Å². The van der Waals surface area contributed by atoms with Crippen molar-refractivity contribution in [2.45, 2.75) is 13.8 Å². The SMILES string of the molecule is Cc1ccc(-n2c(-c3ccc(Cl)cc3Cl)nc3ccccc3c2=O)cc1C. The van der Waals surface area contributed by atoms with Crippen molar-refractivity contribution in [2.24, 2.45) is 0 Å². The molecule has 1 heterocycles. The van der Waals surface area contributed by atoms with Crippen LogP contribution in [0.4, 0.5) is 0 Å². The highest BCUT2D eigenvalue weighted by atomic mass is 35.5. The van der Waals surface area contributed by atoms with E-state index < -0.39 is 0 Å². The number of hydrogen-bond donors (Lipinski definition) is 0. The minimum Gasteiger partial charge on any atom is -0.268 e. The summed E-state index contributed by atoms with van der Waals surface area (Å²) in [6.07, 6.45) is 0. The lowest BCUT2D eigenvalue weighted by molar-refractivity contribution is 0.972. The van der Waals surface area contributed by atoms with Gasteiger partial charge in [-0.2, -0.15) is 0 Å². The molecule has 5 heteroatoms. The predicted octanol–water partition coefficient (Wildman–Crippen LogP) is 5.98. The lowest BCUT2D eigenvalue weighted by Crippen LogP contribution is -2.22. The minimum absolute atomic E-state index is 0.134. The number of benzene rings is 3. The number of aromatic nitrogens is 2. The fourth-order valence-corrected chi connectivity index (χ4v) is 3.58. The van der Waals surface area contributed by atoms with Crippen LogP contribution in [0, 0.1) is 13.8 Å². The maximum absolute atomic E-state index is 13.4. The molecular weight excluding hydrogens is 379 g/mol. The van der Waals surface area contributed by atoms with Gasteiger partial charge in [-0.15, -0.1) is 0 Å². The summed E-state index contributed by atoms with van der Waals surface area (Å²) in [6.45, 7) is 4.06. The van der Waals surface area contributed by atoms with E-state index in [-0.39, 0.29) is 5.56 Å². The Hall–Kier alpha value is -2.62. The minimum atomic E-state index is -0.134. The highest BCUT2D eigenvalue weighted by molar-refractivity contribution is 6.36. The average molecular weight is 395 g/mol. The Kier molecular flexibility index (Phi) is 4.50. The Labute approximate surface area is 166 Å². The molecule has 0 aliphatic heterocycles. The molecule has 0 atom stereocenters. The van der Waals surface area contributed by atoms with Crippen molar-refractivity contribution in [2.75, 3.05) is 0 Å². The Bertz CT molecular complexity index is 1240. The summed E-state index contributed by atoms with van der Waals surface area (Å²) in [5.74, 6) is 0.489. The summed E-state index contributed by atoms with van der Waals surface area (Å²) < 4.78 is 1.61. The molecule has 3 nitrogen and oxygen atoms in total. The topological polar surface area (TPSA) is 34.9 Å². The molecule has 0 bridgehead atoms. The maximum Gasteiger partial charge on any atom is 0.266 e. The smallest absolute Gasteiger partial charge is 0.266 e. The van der Waals surface area contributed by atoms with Gasteiger partial charge in [0.2, 0.25) is 0 Å². The summed E-state index contributed by atoms with van der Waals surface area (Å²) in [6, 6.07) is 18.4. The summed E-state index contributed by atoms with van der Waals surface area (Å²) in [7, 11) is 0. The second-order valence-corrected chi connectivity index (χ2v) is 7.33. The van der Waals surface area contributed by atoms with Gasteiger partial charge in [-0.25, -0.2) is 4.98 Å². The van der Waals surface area contributed by atoms with Crippen molar-refractivity contribution in [1.29, 1.82) is 0 Å². The standard InChI is InChI=1S/C22H16Cl2N2O/c1-13-7-9-16(11-14(13)2)26-21(17-10-8-15(23)12-19(17)24)25-20-6-4-3-5-18(20)22(26)27/h3-12H,1-2H3. The van der Waals surface area contributed by atoms with Crippen molar-refractivity contribution in [1.82, 2.24) is 9.55 Å². The van der Waals surface area contributed by atoms with Gasteiger partial charge < -0.3 is 0 Å². The van der Waals surface area contributed by atoms with E-state index in [1.807, 2.05) is 50.2 Å². The van der Waals surface area contributed by atoms with Gasteiger partial charge in [0.15, 0.2) is 0 Å². The molecule has 0 spiro atoms. The molecule has 4 aromatic rings. The fraction of sp³-hybridized carbons (Fsp3) is 0.0909. The summed E-state index contributed by atoms with van der Waals surface area (Å²) in [5.41, 5.74) is 4.16. The van der Waals surface area contributed by atoms with E-state index in [9.17, 15) is 4.79 Å². The lowest BCUT2D eigenvalue weighted by atomic mass is 10.1. The van der Waals surface area contributed by atoms with E-state index in [1.165, 1.54) is 0 Å². The van der Waals surface area contributed by atoms with E-state index in [0.29, 0.717) is 32.3 Å². The number of fused-ring (bicyclic) bond motifs is 1. The van der Waals surface area contributed by atoms with E-state index in [4.69, 9.17) is 28.2 Å². The molecule has 0 radical (unpaired) electrons. The van der Waals surface area contributed by atoms with E-state index in [2.05, 4.69) is 0 Å². The van der Waals surface area contributed by atoms with Gasteiger partial charge in [0.1, 0.15) is 5.82 Å². The van der Waals surface area contributed by atoms with Gasteiger partial charge in [-0.3, -0.25) is 9.36 Å². The molecule has 3 aromatic carbocycles. The molecule has 0 amide bonds. The first-order valence-electron chi connectivity index (χ1n) is 8.50. The second kappa shape index (κ2) is 6.84. The van der Waals surface area contributed by atoms with Crippen LogP contribution in [0.3, 0.4) is 0 Å². The highest BCUT2D eigenvalue weighted by Crippen LogP contribution is 2.31. The Morgan fingerprint density at radius 3 is 2.41 bits per heavy atom. The van der Waals surface area contributed by atoms with Crippen LogP contribution in [-0.4, -0.2) is 9.55 Å². The molecule has 0 saturated carbocycles. The zero-order chi connectivity index (χ0) is 19.1. The third-order valence-electron chi connectivity index (χ3n) is 4.70. The summed E-state index contributed by atoms with van der Waals surface area (Å²) in [5, 5.41) is 1.54. The van der Waals surface area contributed by atoms with Gasteiger partial charge in [0.05, 0.1) is 21.6 Å². The zero-order valence-corrected chi connectivity index (χ0v) is 16.3. The number of nitrogens with zero attached hydrogens (tertiary/aromatic N) is 2. The number of rotatable bonds is 2. The molecule has 0 aliphatic rings. The molecule has 0 aliphatic carbocycles. The van der Waals surface area contributed by atoms with Crippen LogP contribution < -0.4 is 5.56 Å². The monoisotopic (exact) mass is 394 g/mol. The first-order chi connectivity index (χ1) is 13.0. The molecule has 4 rings (SSSR count). The normalized spacial score (nSPS) is 11.1. The molecule has 0 fully saturated rings. The lowest BCUT2D eigenvalue weighted by Gasteiger charge is -2.16. The predicted molar refractivity (Wildman–Crippen MR) is 112 cm³/mol. The first kappa shape index (κ1) is 17.8. The van der Waals surface area contributed by atoms with Crippen molar-refractivity contribution in [3.05, 3.63) is 92.2 Å². The van der Waals surface area contributed by atoms with Crippen molar-refractivity contribution >= 4 is 34.1 Å². The van der Waals surface area contributed by atoms with Crippen LogP contribution in [0.15, 0.2) is 65.5 Å². The number of para-hydroxylation sites is 1. The third kappa shape index (κ3) is 3.14. The van der Waals surface area contributed by atoms with Gasteiger partial charge in [0.25, 0.3) is 5.56 Å². The highest BCUT2D eigenvalue weighted by Gasteiger charge is 2.17. The number of hydrogen-bond acceptors (Lipinski definition) is 2. The van der Waals surface area contributed by atoms with Crippen LogP contribution >= 0.6 is 23.2 Å². The second-order valence-electron chi connectivity index (χ2n) is 6.49. The van der Waals surface area contributed by atoms with Gasteiger partial charge >= 0.3 is 0 Å². The third-order valence-corrected chi connectivity index (χ3v) is 5.24. The Morgan fingerprint density at radius 1 is 0.889 bits per heavy atom. The van der Waals surface area contributed by atoms with Crippen LogP contribution in [-0.2, 0) is 0 Å². The molecule has 0 unspecified atom stereocenters. The quantitative estimate of drug-likeness (QED) is 0.419. The molecule has 0 saturated heterocycles. The molecule has 27 heavy (non-hydrogen) atoms. The number of halogens is 2. The van der Waals surface area contributed by atoms with Gasteiger partial charge in [0, 0.05) is 10.6 Å². The molecule has 1 aromatic heterocycles. The number of aryl methyl sites for hydroxylation is 2. The maximum atomic E-state index is 13.4. The van der Waals surface area contributed by atoms with Crippen molar-refractivity contribution < 1.29 is 0 Å². The first-order valence-corrected chi connectivity index (χ1v) is 9.26. The Balaban J connectivity index is 2.13. The summed E-state index contributed by atoms with van der Waals surface area (Å²) in [4.78, 5) is 18.1. The Morgan fingerprint density at radius 2 is 1.67 bits per heavy atom. The van der Waals surface area contributed by atoms with Crippen molar-refractivity contribution in [3.63, 3.8) is 0 Å². The van der Waals surface area contributed by atoms with E-state index in [0.717, 1.165) is 16.8 Å². The van der Waals surface area contributed by atoms with Gasteiger partial charge in [-0.05, 0) is 67.4 Å². The van der Waals surface area contributed by atoms with Crippen LogP contribution in [0.1, 0.15) is 11.1 Å². The molecule has 134 valence electrons. The van der Waals surface area contributed by atoms with Crippen LogP contribution in [0.2, 0.25) is 10.0 Å². The molecule has 0 N–H and O–H groups in total. The average Bonchev–Trinajstić information content (AvgIpc) is 2.64. The van der Waals surface area contributed by atoms with Crippen LogP contribution in [0.5, 0.6) is 0 Å². The molecular formula is C22H16Cl2N2O. The van der Waals surface area contributed by atoms with Crippen molar-refractivity contribution in [3.8, 4) is 17.1 Å².